The molecule has 0 radical (unpaired) electrons. The minimum Gasteiger partial charge on any atom is -0.493 e. The minimum atomic E-state index is 0. The summed E-state index contributed by atoms with van der Waals surface area (Å²) in [4.78, 5) is 0. The number of halogens is 2. The minimum absolute atomic E-state index is 0. The maximum absolute atomic E-state index is 5.68. The van der Waals surface area contributed by atoms with Crippen LogP contribution in [0.2, 0.25) is 0 Å². The summed E-state index contributed by atoms with van der Waals surface area (Å²) in [6, 6.07) is 7.99. The Kier molecular flexibility index (Phi) is 5.43. The summed E-state index contributed by atoms with van der Waals surface area (Å²) in [5.74, 6) is 1.64. The normalized spacial score (nSPS) is 19.7. The Morgan fingerprint density at radius 2 is 2.07 bits per heavy atom. The van der Waals surface area contributed by atoms with Crippen LogP contribution in [-0.4, -0.2) is 19.7 Å². The number of hydrogen-bond donors (Lipinski definition) is 1. The molecule has 84 valence electrons. The molecule has 0 spiro atoms. The van der Waals surface area contributed by atoms with Crippen LogP contribution in [0.25, 0.3) is 0 Å². The SMILES string of the molecule is Brc1ccc(OC[C@H]2CCNC2)cc1.Cl. The van der Waals surface area contributed by atoms with Crippen molar-refractivity contribution in [2.24, 2.45) is 5.92 Å². The predicted molar refractivity (Wildman–Crippen MR) is 67.9 cm³/mol. The fraction of sp³-hybridized carbons (Fsp3) is 0.455. The molecular weight excluding hydrogens is 277 g/mol. The first kappa shape index (κ1) is 12.8. The highest BCUT2D eigenvalue weighted by atomic mass is 79.9. The van der Waals surface area contributed by atoms with Crippen LogP contribution in [0.3, 0.4) is 0 Å². The van der Waals surface area contributed by atoms with Crippen LogP contribution in [0.1, 0.15) is 6.42 Å². The van der Waals surface area contributed by atoms with Crippen LogP contribution >= 0.6 is 28.3 Å². The van der Waals surface area contributed by atoms with Gasteiger partial charge in [-0.05, 0) is 37.2 Å². The van der Waals surface area contributed by atoms with Crippen LogP contribution in [0.4, 0.5) is 0 Å². The highest BCUT2D eigenvalue weighted by Crippen LogP contribution is 2.17. The van der Waals surface area contributed by atoms with E-state index < -0.39 is 0 Å². The predicted octanol–water partition coefficient (Wildman–Crippen LogP) is 2.86. The first-order valence-corrected chi connectivity index (χ1v) is 5.73. The van der Waals surface area contributed by atoms with Gasteiger partial charge in [-0.3, -0.25) is 0 Å². The lowest BCUT2D eigenvalue weighted by atomic mass is 10.1. The molecule has 0 amide bonds. The van der Waals surface area contributed by atoms with Gasteiger partial charge in [-0.15, -0.1) is 12.4 Å². The second kappa shape index (κ2) is 6.36. The Balaban J connectivity index is 0.00000112. The zero-order valence-electron chi connectivity index (χ0n) is 8.41. The van der Waals surface area contributed by atoms with E-state index in [1.54, 1.807) is 0 Å². The fourth-order valence-electron chi connectivity index (χ4n) is 1.60. The first-order chi connectivity index (χ1) is 6.84. The van der Waals surface area contributed by atoms with Gasteiger partial charge in [-0.1, -0.05) is 15.9 Å². The molecule has 1 atom stereocenters. The summed E-state index contributed by atoms with van der Waals surface area (Å²) in [7, 11) is 0. The van der Waals surface area contributed by atoms with Crippen molar-refractivity contribution >= 4 is 28.3 Å². The van der Waals surface area contributed by atoms with E-state index in [-0.39, 0.29) is 12.4 Å². The molecule has 0 aliphatic carbocycles. The van der Waals surface area contributed by atoms with E-state index in [1.807, 2.05) is 24.3 Å². The van der Waals surface area contributed by atoms with Gasteiger partial charge in [0.2, 0.25) is 0 Å². The molecule has 0 bridgehead atoms. The van der Waals surface area contributed by atoms with Crippen molar-refractivity contribution in [3.05, 3.63) is 28.7 Å². The molecule has 0 unspecified atom stereocenters. The third-order valence-electron chi connectivity index (χ3n) is 2.46. The molecule has 1 aromatic carbocycles. The van der Waals surface area contributed by atoms with E-state index in [1.165, 1.54) is 6.42 Å². The molecule has 1 aliphatic rings. The molecule has 2 nitrogen and oxygen atoms in total. The van der Waals surface area contributed by atoms with E-state index in [0.717, 1.165) is 29.9 Å². The van der Waals surface area contributed by atoms with Crippen molar-refractivity contribution < 1.29 is 4.74 Å². The maximum atomic E-state index is 5.68. The third-order valence-corrected chi connectivity index (χ3v) is 2.99. The summed E-state index contributed by atoms with van der Waals surface area (Å²) in [5.41, 5.74) is 0. The van der Waals surface area contributed by atoms with Gasteiger partial charge < -0.3 is 10.1 Å². The lowest BCUT2D eigenvalue weighted by molar-refractivity contribution is 0.260. The van der Waals surface area contributed by atoms with Crippen molar-refractivity contribution in [1.82, 2.24) is 5.32 Å². The molecule has 0 aromatic heterocycles. The van der Waals surface area contributed by atoms with Crippen LogP contribution in [0.5, 0.6) is 5.75 Å². The van der Waals surface area contributed by atoms with Crippen LogP contribution in [0, 0.1) is 5.92 Å². The number of ether oxygens (including phenoxy) is 1. The van der Waals surface area contributed by atoms with Gasteiger partial charge in [-0.25, -0.2) is 0 Å². The van der Waals surface area contributed by atoms with Crippen LogP contribution < -0.4 is 10.1 Å². The first-order valence-electron chi connectivity index (χ1n) is 4.94. The molecule has 1 heterocycles. The van der Waals surface area contributed by atoms with E-state index in [0.29, 0.717) is 5.92 Å². The second-order valence-electron chi connectivity index (χ2n) is 3.62. The number of nitrogens with one attached hydrogen (secondary N) is 1. The Bertz CT molecular complexity index is 285. The van der Waals surface area contributed by atoms with Gasteiger partial charge in [-0.2, -0.15) is 0 Å². The molecule has 1 fully saturated rings. The summed E-state index contributed by atoms with van der Waals surface area (Å²) >= 11 is 3.40. The molecule has 1 N–H and O–H groups in total. The molecule has 0 saturated carbocycles. The van der Waals surface area contributed by atoms with Crippen molar-refractivity contribution in [2.45, 2.75) is 6.42 Å². The zero-order chi connectivity index (χ0) is 9.80. The maximum Gasteiger partial charge on any atom is 0.119 e. The van der Waals surface area contributed by atoms with Gasteiger partial charge >= 0.3 is 0 Å². The molecule has 1 aliphatic heterocycles. The van der Waals surface area contributed by atoms with Crippen molar-refractivity contribution in [1.29, 1.82) is 0 Å². The average Bonchev–Trinajstić information content (AvgIpc) is 2.70. The third kappa shape index (κ3) is 4.01. The lowest BCUT2D eigenvalue weighted by Crippen LogP contribution is -2.15. The second-order valence-corrected chi connectivity index (χ2v) is 4.54. The quantitative estimate of drug-likeness (QED) is 0.925. The highest BCUT2D eigenvalue weighted by Gasteiger charge is 2.14. The van der Waals surface area contributed by atoms with Crippen molar-refractivity contribution in [3.63, 3.8) is 0 Å². The van der Waals surface area contributed by atoms with Crippen LogP contribution in [0.15, 0.2) is 28.7 Å². The smallest absolute Gasteiger partial charge is 0.119 e. The van der Waals surface area contributed by atoms with Gasteiger partial charge in [0.1, 0.15) is 5.75 Å². The standard InChI is InChI=1S/C11H14BrNO.ClH/c12-10-1-3-11(4-2-10)14-8-9-5-6-13-7-9;/h1-4,9,13H,5-8H2;1H/t9-;/m0./s1. The van der Waals surface area contributed by atoms with E-state index in [2.05, 4.69) is 21.2 Å². The fourth-order valence-corrected chi connectivity index (χ4v) is 1.87. The van der Waals surface area contributed by atoms with E-state index >= 15 is 0 Å². The topological polar surface area (TPSA) is 21.3 Å². The van der Waals surface area contributed by atoms with Gasteiger partial charge in [0, 0.05) is 16.9 Å². The molecule has 4 heteroatoms. The number of benzene rings is 1. The molecule has 2 rings (SSSR count). The lowest BCUT2D eigenvalue weighted by Gasteiger charge is -2.10. The van der Waals surface area contributed by atoms with E-state index in [9.17, 15) is 0 Å². The van der Waals surface area contributed by atoms with Gasteiger partial charge in [0.25, 0.3) is 0 Å². The van der Waals surface area contributed by atoms with Crippen molar-refractivity contribution in [3.8, 4) is 5.75 Å². The summed E-state index contributed by atoms with van der Waals surface area (Å²) in [6.45, 7) is 3.06. The molecule has 1 aromatic rings. The van der Waals surface area contributed by atoms with Crippen LogP contribution in [-0.2, 0) is 0 Å². The van der Waals surface area contributed by atoms with E-state index in [4.69, 9.17) is 4.74 Å². The largest absolute Gasteiger partial charge is 0.493 e. The molecule has 15 heavy (non-hydrogen) atoms. The molecule has 1 saturated heterocycles. The monoisotopic (exact) mass is 291 g/mol. The Labute approximate surface area is 105 Å². The summed E-state index contributed by atoms with van der Waals surface area (Å²) in [5, 5.41) is 3.33. The Morgan fingerprint density at radius 1 is 1.33 bits per heavy atom. The zero-order valence-corrected chi connectivity index (χ0v) is 10.8. The Hall–Kier alpha value is -0.250. The van der Waals surface area contributed by atoms with Crippen molar-refractivity contribution in [2.75, 3.05) is 19.7 Å². The summed E-state index contributed by atoms with van der Waals surface area (Å²) < 4.78 is 6.77. The Morgan fingerprint density at radius 3 is 2.67 bits per heavy atom. The number of rotatable bonds is 3. The highest BCUT2D eigenvalue weighted by molar-refractivity contribution is 9.10. The van der Waals surface area contributed by atoms with Gasteiger partial charge in [0.15, 0.2) is 0 Å². The molecular formula is C11H15BrClNO. The summed E-state index contributed by atoms with van der Waals surface area (Å²) in [6.07, 6.45) is 1.23. The van der Waals surface area contributed by atoms with Gasteiger partial charge in [0.05, 0.1) is 6.61 Å². The number of hydrogen-bond acceptors (Lipinski definition) is 2. The average molecular weight is 293 g/mol.